The van der Waals surface area contributed by atoms with E-state index >= 15 is 0 Å². The number of ether oxygens (including phenoxy) is 1. The van der Waals surface area contributed by atoms with Crippen LogP contribution >= 0.6 is 0 Å². The van der Waals surface area contributed by atoms with Gasteiger partial charge in [0.1, 0.15) is 0 Å². The smallest absolute Gasteiger partial charge is 0.217 e. The Kier molecular flexibility index (Phi) is 4.54. The van der Waals surface area contributed by atoms with Gasteiger partial charge in [0, 0.05) is 13.0 Å². The molecule has 3 heteroatoms. The van der Waals surface area contributed by atoms with Crippen molar-refractivity contribution in [3.8, 4) is 0 Å². The fourth-order valence-corrected chi connectivity index (χ4v) is 3.09. The molecule has 0 bridgehead atoms. The first-order valence-corrected chi connectivity index (χ1v) is 7.75. The molecular formula is C19H21NO2. The Morgan fingerprint density at radius 2 is 1.36 bits per heavy atom. The Labute approximate surface area is 131 Å². The standard InChI is InChI=1S/C19H21NO2/c1-14(21)20-17-12-18(15-8-4-2-5-9-15)22-19(13-17)16-10-6-3-7-11-16/h2-11,17-19H,12-13H2,1H3,(H,20,21)/t17?,18-,19+. The number of carbonyl (C=O) groups is 1. The van der Waals surface area contributed by atoms with Crippen molar-refractivity contribution in [1.82, 2.24) is 5.32 Å². The van der Waals surface area contributed by atoms with E-state index in [4.69, 9.17) is 4.74 Å². The molecule has 0 aromatic heterocycles. The summed E-state index contributed by atoms with van der Waals surface area (Å²) >= 11 is 0. The molecule has 1 heterocycles. The topological polar surface area (TPSA) is 38.3 Å². The molecule has 1 N–H and O–H groups in total. The van der Waals surface area contributed by atoms with Crippen LogP contribution in [0.25, 0.3) is 0 Å². The summed E-state index contributed by atoms with van der Waals surface area (Å²) in [5.41, 5.74) is 2.33. The summed E-state index contributed by atoms with van der Waals surface area (Å²) in [6.07, 6.45) is 1.65. The van der Waals surface area contributed by atoms with Crippen molar-refractivity contribution in [2.75, 3.05) is 0 Å². The van der Waals surface area contributed by atoms with E-state index in [0.29, 0.717) is 0 Å². The van der Waals surface area contributed by atoms with Crippen LogP contribution in [0.2, 0.25) is 0 Å². The maximum absolute atomic E-state index is 11.4. The summed E-state index contributed by atoms with van der Waals surface area (Å²) in [5.74, 6) is 0.0190. The van der Waals surface area contributed by atoms with Crippen LogP contribution in [0.4, 0.5) is 0 Å². The molecule has 1 saturated heterocycles. The van der Waals surface area contributed by atoms with Crippen molar-refractivity contribution in [1.29, 1.82) is 0 Å². The molecule has 3 nitrogen and oxygen atoms in total. The van der Waals surface area contributed by atoms with Gasteiger partial charge in [-0.15, -0.1) is 0 Å². The normalized spacial score (nSPS) is 24.7. The number of amides is 1. The van der Waals surface area contributed by atoms with E-state index in [1.807, 2.05) is 36.4 Å². The second-order valence-corrected chi connectivity index (χ2v) is 5.80. The number of hydrogen-bond acceptors (Lipinski definition) is 2. The fourth-order valence-electron chi connectivity index (χ4n) is 3.09. The van der Waals surface area contributed by atoms with E-state index in [1.54, 1.807) is 6.92 Å². The quantitative estimate of drug-likeness (QED) is 0.935. The third-order valence-corrected chi connectivity index (χ3v) is 4.08. The van der Waals surface area contributed by atoms with Crippen molar-refractivity contribution in [3.05, 3.63) is 71.8 Å². The van der Waals surface area contributed by atoms with Gasteiger partial charge in [0.25, 0.3) is 0 Å². The molecule has 0 saturated carbocycles. The van der Waals surface area contributed by atoms with Crippen molar-refractivity contribution in [3.63, 3.8) is 0 Å². The Morgan fingerprint density at radius 3 is 1.77 bits per heavy atom. The van der Waals surface area contributed by atoms with Crippen molar-refractivity contribution in [2.45, 2.75) is 38.0 Å². The van der Waals surface area contributed by atoms with E-state index in [0.717, 1.165) is 12.8 Å². The zero-order valence-corrected chi connectivity index (χ0v) is 12.7. The molecule has 1 amide bonds. The number of nitrogens with one attached hydrogen (secondary N) is 1. The Hall–Kier alpha value is -2.13. The lowest BCUT2D eigenvalue weighted by molar-refractivity contribution is -0.122. The molecule has 3 atom stereocenters. The number of hydrogen-bond donors (Lipinski definition) is 1. The molecule has 1 unspecified atom stereocenters. The molecular weight excluding hydrogens is 274 g/mol. The average Bonchev–Trinajstić information content (AvgIpc) is 2.55. The van der Waals surface area contributed by atoms with Crippen LogP contribution in [0, 0.1) is 0 Å². The lowest BCUT2D eigenvalue weighted by Gasteiger charge is -2.36. The molecule has 114 valence electrons. The summed E-state index contributed by atoms with van der Waals surface area (Å²) in [6, 6.07) is 20.6. The maximum atomic E-state index is 11.4. The largest absolute Gasteiger partial charge is 0.365 e. The maximum Gasteiger partial charge on any atom is 0.217 e. The summed E-state index contributed by atoms with van der Waals surface area (Å²) in [5, 5.41) is 3.06. The van der Waals surface area contributed by atoms with Crippen molar-refractivity contribution >= 4 is 5.91 Å². The minimum Gasteiger partial charge on any atom is -0.365 e. The predicted molar refractivity (Wildman–Crippen MR) is 86.3 cm³/mol. The minimum absolute atomic E-state index is 0.0111. The highest BCUT2D eigenvalue weighted by Crippen LogP contribution is 2.38. The average molecular weight is 295 g/mol. The van der Waals surface area contributed by atoms with E-state index in [1.165, 1.54) is 11.1 Å². The second kappa shape index (κ2) is 6.75. The van der Waals surface area contributed by atoms with E-state index in [9.17, 15) is 4.79 Å². The molecule has 3 rings (SSSR count). The van der Waals surface area contributed by atoms with Crippen LogP contribution in [-0.4, -0.2) is 11.9 Å². The molecule has 2 aromatic rings. The molecule has 22 heavy (non-hydrogen) atoms. The monoisotopic (exact) mass is 295 g/mol. The summed E-state index contributed by atoms with van der Waals surface area (Å²) in [7, 11) is 0. The minimum atomic E-state index is 0.0111. The van der Waals surface area contributed by atoms with E-state index in [2.05, 4.69) is 29.6 Å². The first kappa shape index (κ1) is 14.8. The van der Waals surface area contributed by atoms with Crippen LogP contribution in [0.15, 0.2) is 60.7 Å². The third-order valence-electron chi connectivity index (χ3n) is 4.08. The first-order valence-electron chi connectivity index (χ1n) is 7.75. The molecule has 0 aliphatic carbocycles. The third kappa shape index (κ3) is 3.55. The molecule has 1 fully saturated rings. The van der Waals surface area contributed by atoms with Gasteiger partial charge in [0.15, 0.2) is 0 Å². The molecule has 1 aliphatic rings. The van der Waals surface area contributed by atoms with Crippen LogP contribution in [0.1, 0.15) is 43.1 Å². The zero-order valence-electron chi connectivity index (χ0n) is 12.7. The molecule has 0 radical (unpaired) electrons. The van der Waals surface area contributed by atoms with Gasteiger partial charge < -0.3 is 10.1 Å². The molecule has 2 aromatic carbocycles. The van der Waals surface area contributed by atoms with Gasteiger partial charge in [-0.3, -0.25) is 4.79 Å². The molecule has 1 aliphatic heterocycles. The van der Waals surface area contributed by atoms with Crippen LogP contribution in [0.5, 0.6) is 0 Å². The summed E-state index contributed by atoms with van der Waals surface area (Å²) < 4.78 is 6.32. The van der Waals surface area contributed by atoms with Crippen LogP contribution in [0.3, 0.4) is 0 Å². The lowest BCUT2D eigenvalue weighted by Crippen LogP contribution is -2.39. The van der Waals surface area contributed by atoms with Gasteiger partial charge in [0.2, 0.25) is 5.91 Å². The summed E-state index contributed by atoms with van der Waals surface area (Å²) in [6.45, 7) is 1.57. The zero-order chi connectivity index (χ0) is 15.4. The SMILES string of the molecule is CC(=O)NC1C[C@@H](c2ccccc2)O[C@@H](c2ccccc2)C1. The van der Waals surface area contributed by atoms with Gasteiger partial charge in [-0.1, -0.05) is 60.7 Å². The van der Waals surface area contributed by atoms with Gasteiger partial charge in [0.05, 0.1) is 12.2 Å². The fraction of sp³-hybridized carbons (Fsp3) is 0.316. The highest BCUT2D eigenvalue weighted by molar-refractivity contribution is 5.73. The van der Waals surface area contributed by atoms with Crippen molar-refractivity contribution in [2.24, 2.45) is 0 Å². The van der Waals surface area contributed by atoms with Crippen molar-refractivity contribution < 1.29 is 9.53 Å². The van der Waals surface area contributed by atoms with Gasteiger partial charge in [-0.05, 0) is 24.0 Å². The number of carbonyl (C=O) groups excluding carboxylic acids is 1. The first-order chi connectivity index (χ1) is 10.7. The van der Waals surface area contributed by atoms with E-state index in [-0.39, 0.29) is 24.2 Å². The lowest BCUT2D eigenvalue weighted by atomic mass is 9.91. The number of benzene rings is 2. The Morgan fingerprint density at radius 1 is 0.909 bits per heavy atom. The van der Waals surface area contributed by atoms with Gasteiger partial charge >= 0.3 is 0 Å². The predicted octanol–water partition coefficient (Wildman–Crippen LogP) is 3.78. The molecule has 0 spiro atoms. The Balaban J connectivity index is 1.83. The summed E-state index contributed by atoms with van der Waals surface area (Å²) in [4.78, 5) is 11.4. The van der Waals surface area contributed by atoms with E-state index < -0.39 is 0 Å². The second-order valence-electron chi connectivity index (χ2n) is 5.80. The van der Waals surface area contributed by atoms with Gasteiger partial charge in [-0.2, -0.15) is 0 Å². The number of rotatable bonds is 3. The van der Waals surface area contributed by atoms with Crippen LogP contribution < -0.4 is 5.32 Å². The van der Waals surface area contributed by atoms with Gasteiger partial charge in [-0.25, -0.2) is 0 Å². The highest BCUT2D eigenvalue weighted by Gasteiger charge is 2.31. The Bertz CT molecular complexity index is 564. The highest BCUT2D eigenvalue weighted by atomic mass is 16.5. The van der Waals surface area contributed by atoms with Crippen LogP contribution in [-0.2, 0) is 9.53 Å².